The molecule has 0 aromatic heterocycles. The second-order valence-corrected chi connectivity index (χ2v) is 10.5. The molecule has 0 radical (unpaired) electrons. The van der Waals surface area contributed by atoms with Crippen molar-refractivity contribution in [3.8, 4) is 0 Å². The Balaban J connectivity index is 1.23. The molecule has 0 aromatic rings. The van der Waals surface area contributed by atoms with Crippen LogP contribution in [0.25, 0.3) is 0 Å². The summed E-state index contributed by atoms with van der Waals surface area (Å²) in [5.74, 6) is -0.160. The molecule has 5 rings (SSSR count). The van der Waals surface area contributed by atoms with Crippen LogP contribution in [0.3, 0.4) is 0 Å². The van der Waals surface area contributed by atoms with Crippen molar-refractivity contribution in [1.82, 2.24) is 9.80 Å². The lowest BCUT2D eigenvalue weighted by Crippen LogP contribution is -2.55. The highest BCUT2D eigenvalue weighted by Gasteiger charge is 2.48. The molecule has 3 fully saturated rings. The quantitative estimate of drug-likeness (QED) is 0.464. The van der Waals surface area contributed by atoms with Crippen LogP contribution in [0.4, 0.5) is 4.79 Å². The van der Waals surface area contributed by atoms with E-state index in [9.17, 15) is 14.4 Å². The Morgan fingerprint density at radius 2 is 1.45 bits per heavy atom. The molecule has 1 atom stereocenters. The second-order valence-electron chi connectivity index (χ2n) is 10.5. The van der Waals surface area contributed by atoms with Gasteiger partial charge in [0.15, 0.2) is 0 Å². The summed E-state index contributed by atoms with van der Waals surface area (Å²) < 4.78 is 0. The van der Waals surface area contributed by atoms with E-state index in [1.807, 2.05) is 0 Å². The van der Waals surface area contributed by atoms with Crippen LogP contribution in [-0.4, -0.2) is 40.7 Å². The smallest absolute Gasteiger partial charge is 0.274 e. The van der Waals surface area contributed by atoms with Gasteiger partial charge in [0, 0.05) is 13.1 Å². The molecule has 1 aliphatic heterocycles. The molecule has 4 aliphatic carbocycles. The SMILES string of the molecule is CC1C=C(C2(CCN3C(=O)CC(=O)N(CCC4(C5=CC=CCC=C5)CC4)C3=O)CC2)C=CC1. The number of carbonyl (C=O) groups excluding carboxylic acids is 3. The van der Waals surface area contributed by atoms with Crippen LogP contribution in [0.1, 0.15) is 64.7 Å². The molecular weight excluding hydrogens is 412 g/mol. The molecule has 4 amide bonds. The van der Waals surface area contributed by atoms with Gasteiger partial charge in [-0.15, -0.1) is 0 Å². The Kier molecular flexibility index (Phi) is 5.75. The molecule has 1 unspecified atom stereocenters. The van der Waals surface area contributed by atoms with E-state index >= 15 is 0 Å². The van der Waals surface area contributed by atoms with E-state index in [0.29, 0.717) is 19.0 Å². The van der Waals surface area contributed by atoms with Gasteiger partial charge in [0.05, 0.1) is 0 Å². The van der Waals surface area contributed by atoms with Crippen molar-refractivity contribution in [2.45, 2.75) is 64.7 Å². The number of carbonyl (C=O) groups is 3. The fourth-order valence-electron chi connectivity index (χ4n) is 5.57. The monoisotopic (exact) mass is 446 g/mol. The molecule has 0 bridgehead atoms. The molecule has 174 valence electrons. The van der Waals surface area contributed by atoms with Crippen molar-refractivity contribution in [2.24, 2.45) is 16.7 Å². The third-order valence-electron chi connectivity index (χ3n) is 8.18. The molecule has 5 aliphatic rings. The van der Waals surface area contributed by atoms with Gasteiger partial charge in [-0.2, -0.15) is 0 Å². The minimum atomic E-state index is -0.422. The van der Waals surface area contributed by atoms with Crippen LogP contribution in [0.15, 0.2) is 59.8 Å². The Bertz CT molecular complexity index is 1000. The number of rotatable bonds is 8. The standard InChI is InChI=1S/C28H34N2O3/c1-21-7-6-10-23(19-21)28(13-14-28)16-18-30-25(32)20-24(31)29(26(30)33)17-15-27(11-12-27)22-8-4-2-3-5-9-22/h2,4-6,8-10,19,21H,3,7,11-18,20H2,1H3. The topological polar surface area (TPSA) is 57.7 Å². The van der Waals surface area contributed by atoms with Gasteiger partial charge in [-0.05, 0) is 79.3 Å². The van der Waals surface area contributed by atoms with Crippen molar-refractivity contribution < 1.29 is 14.4 Å². The second kappa shape index (κ2) is 8.58. The summed E-state index contributed by atoms with van der Waals surface area (Å²) in [5, 5.41) is 0. The van der Waals surface area contributed by atoms with Crippen LogP contribution < -0.4 is 0 Å². The van der Waals surface area contributed by atoms with Gasteiger partial charge in [0.25, 0.3) is 0 Å². The van der Waals surface area contributed by atoms with Gasteiger partial charge >= 0.3 is 6.03 Å². The number of urea groups is 1. The van der Waals surface area contributed by atoms with Gasteiger partial charge in [-0.3, -0.25) is 19.4 Å². The molecule has 5 nitrogen and oxygen atoms in total. The summed E-state index contributed by atoms with van der Waals surface area (Å²) >= 11 is 0. The van der Waals surface area contributed by atoms with E-state index in [0.717, 1.165) is 51.4 Å². The minimum Gasteiger partial charge on any atom is -0.274 e. The lowest BCUT2D eigenvalue weighted by molar-refractivity contribution is -0.142. The molecular formula is C28H34N2O3. The van der Waals surface area contributed by atoms with E-state index in [4.69, 9.17) is 0 Å². The summed E-state index contributed by atoms with van der Waals surface area (Å²) in [5.41, 5.74) is 2.81. The fraction of sp³-hybridized carbons (Fsp3) is 0.536. The Morgan fingerprint density at radius 3 is 2.06 bits per heavy atom. The summed E-state index contributed by atoms with van der Waals surface area (Å²) in [6, 6.07) is -0.422. The number of hydrogen-bond donors (Lipinski definition) is 0. The van der Waals surface area contributed by atoms with Crippen molar-refractivity contribution in [3.05, 3.63) is 59.8 Å². The van der Waals surface area contributed by atoms with Crippen molar-refractivity contribution in [3.63, 3.8) is 0 Å². The van der Waals surface area contributed by atoms with E-state index < -0.39 is 6.03 Å². The maximum atomic E-state index is 13.2. The van der Waals surface area contributed by atoms with E-state index in [1.54, 1.807) is 0 Å². The Morgan fingerprint density at radius 1 is 0.848 bits per heavy atom. The first-order valence-electron chi connectivity index (χ1n) is 12.5. The lowest BCUT2D eigenvalue weighted by Gasteiger charge is -2.34. The van der Waals surface area contributed by atoms with Crippen molar-refractivity contribution in [1.29, 1.82) is 0 Å². The van der Waals surface area contributed by atoms with Crippen LogP contribution in [0.5, 0.6) is 0 Å². The van der Waals surface area contributed by atoms with Crippen LogP contribution in [-0.2, 0) is 9.59 Å². The van der Waals surface area contributed by atoms with Gasteiger partial charge in [0.2, 0.25) is 11.8 Å². The molecule has 1 heterocycles. The first-order valence-corrected chi connectivity index (χ1v) is 12.5. The van der Waals surface area contributed by atoms with Gasteiger partial charge in [-0.25, -0.2) is 4.79 Å². The van der Waals surface area contributed by atoms with Gasteiger partial charge < -0.3 is 0 Å². The molecule has 5 heteroatoms. The molecule has 1 saturated heterocycles. The highest BCUT2D eigenvalue weighted by Crippen LogP contribution is 2.57. The highest BCUT2D eigenvalue weighted by atomic mass is 16.2. The first kappa shape index (κ1) is 22.1. The van der Waals surface area contributed by atoms with Crippen LogP contribution in [0.2, 0.25) is 0 Å². The number of barbiturate groups is 1. The van der Waals surface area contributed by atoms with E-state index in [-0.39, 0.29) is 29.1 Å². The lowest BCUT2D eigenvalue weighted by atomic mass is 9.85. The summed E-state index contributed by atoms with van der Waals surface area (Å²) in [6.07, 6.45) is 25.3. The van der Waals surface area contributed by atoms with Crippen LogP contribution >= 0.6 is 0 Å². The summed E-state index contributed by atoms with van der Waals surface area (Å²) in [4.78, 5) is 41.1. The Labute approximate surface area is 196 Å². The molecule has 2 saturated carbocycles. The summed E-state index contributed by atoms with van der Waals surface area (Å²) in [7, 11) is 0. The number of hydrogen-bond acceptors (Lipinski definition) is 3. The van der Waals surface area contributed by atoms with Gasteiger partial charge in [-0.1, -0.05) is 55.5 Å². The normalized spacial score (nSPS) is 27.4. The number of allylic oxidation sites excluding steroid dienone is 10. The average molecular weight is 447 g/mol. The third-order valence-corrected chi connectivity index (χ3v) is 8.18. The van der Waals surface area contributed by atoms with Crippen molar-refractivity contribution >= 4 is 17.8 Å². The number of amides is 4. The zero-order chi connectivity index (χ0) is 23.1. The fourth-order valence-corrected chi connectivity index (χ4v) is 5.57. The third kappa shape index (κ3) is 4.42. The van der Waals surface area contributed by atoms with Crippen LogP contribution in [0, 0.1) is 16.7 Å². The largest absolute Gasteiger partial charge is 0.333 e. The van der Waals surface area contributed by atoms with Crippen molar-refractivity contribution in [2.75, 3.05) is 13.1 Å². The summed E-state index contributed by atoms with van der Waals surface area (Å²) in [6.45, 7) is 3.00. The number of nitrogens with zero attached hydrogens (tertiary/aromatic N) is 2. The predicted octanol–water partition coefficient (Wildman–Crippen LogP) is 5.47. The minimum absolute atomic E-state index is 0.0621. The molecule has 0 N–H and O–H groups in total. The molecule has 33 heavy (non-hydrogen) atoms. The first-order chi connectivity index (χ1) is 15.9. The predicted molar refractivity (Wildman–Crippen MR) is 128 cm³/mol. The Hall–Kier alpha value is -2.69. The molecule has 0 spiro atoms. The van der Waals surface area contributed by atoms with E-state index in [2.05, 4.69) is 55.5 Å². The number of imide groups is 2. The highest BCUT2D eigenvalue weighted by molar-refractivity contribution is 6.14. The molecule has 0 aromatic carbocycles. The zero-order valence-electron chi connectivity index (χ0n) is 19.6. The van der Waals surface area contributed by atoms with Gasteiger partial charge in [0.1, 0.15) is 6.42 Å². The maximum absolute atomic E-state index is 13.2. The zero-order valence-corrected chi connectivity index (χ0v) is 19.6. The average Bonchev–Trinajstić information content (AvgIpc) is 3.68. The van der Waals surface area contributed by atoms with E-state index in [1.165, 1.54) is 20.9 Å². The maximum Gasteiger partial charge on any atom is 0.333 e.